The summed E-state index contributed by atoms with van der Waals surface area (Å²) >= 11 is 0. The number of likely N-dealkylation sites (tertiary alicyclic amines) is 1. The molecule has 1 N–H and O–H groups in total. The van der Waals surface area contributed by atoms with Crippen molar-refractivity contribution in [1.29, 1.82) is 0 Å². The maximum absolute atomic E-state index is 12.8. The van der Waals surface area contributed by atoms with Crippen molar-refractivity contribution >= 4 is 5.91 Å². The van der Waals surface area contributed by atoms with Gasteiger partial charge in [-0.1, -0.05) is 25.0 Å². The first-order valence-corrected chi connectivity index (χ1v) is 11.4. The zero-order chi connectivity index (χ0) is 19.3. The number of carbonyl (C=O) groups is 1. The van der Waals surface area contributed by atoms with Crippen molar-refractivity contribution in [2.75, 3.05) is 19.6 Å². The Bertz CT molecular complexity index is 681. The summed E-state index contributed by atoms with van der Waals surface area (Å²) < 4.78 is 1.81. The zero-order valence-electron chi connectivity index (χ0n) is 17.4. The van der Waals surface area contributed by atoms with E-state index >= 15 is 0 Å². The molecular weight excluding hydrogens is 348 g/mol. The molecule has 1 saturated heterocycles. The van der Waals surface area contributed by atoms with Gasteiger partial charge in [-0.05, 0) is 76.3 Å². The van der Waals surface area contributed by atoms with Gasteiger partial charge in [-0.2, -0.15) is 5.10 Å². The number of carbonyl (C=O) groups excluding carboxylic acids is 1. The first-order chi connectivity index (χ1) is 13.7. The summed E-state index contributed by atoms with van der Waals surface area (Å²) in [5, 5.41) is 7.88. The van der Waals surface area contributed by atoms with E-state index in [4.69, 9.17) is 0 Å². The topological polar surface area (TPSA) is 50.2 Å². The maximum atomic E-state index is 12.8. The van der Waals surface area contributed by atoms with E-state index in [0.29, 0.717) is 12.0 Å². The first kappa shape index (κ1) is 19.7. The Kier molecular flexibility index (Phi) is 6.50. The number of piperidine rings is 1. The Labute approximate surface area is 169 Å². The molecule has 1 aromatic heterocycles. The van der Waals surface area contributed by atoms with Crippen LogP contribution in [0.25, 0.3) is 0 Å². The van der Waals surface area contributed by atoms with Crippen LogP contribution >= 0.6 is 0 Å². The molecule has 1 aromatic rings. The average Bonchev–Trinajstić information content (AvgIpc) is 3.34. The number of hydrogen-bond acceptors (Lipinski definition) is 3. The second-order valence-electron chi connectivity index (χ2n) is 9.22. The van der Waals surface area contributed by atoms with Gasteiger partial charge in [-0.3, -0.25) is 9.48 Å². The molecule has 5 nitrogen and oxygen atoms in total. The Morgan fingerprint density at radius 2 is 1.89 bits per heavy atom. The van der Waals surface area contributed by atoms with Gasteiger partial charge < -0.3 is 10.2 Å². The molecule has 4 rings (SSSR count). The molecule has 1 aliphatic heterocycles. The molecule has 0 spiro atoms. The van der Waals surface area contributed by atoms with Crippen LogP contribution in [0.5, 0.6) is 0 Å². The van der Waals surface area contributed by atoms with Crippen molar-refractivity contribution in [3.8, 4) is 0 Å². The van der Waals surface area contributed by atoms with Crippen LogP contribution in [0.1, 0.15) is 73.8 Å². The Hall–Kier alpha value is -1.62. The fourth-order valence-corrected chi connectivity index (χ4v) is 5.24. The molecular formula is C23H36N4O. The smallest absolute Gasteiger partial charge is 0.254 e. The molecule has 0 radical (unpaired) electrons. The van der Waals surface area contributed by atoms with Crippen molar-refractivity contribution in [3.63, 3.8) is 0 Å². The first-order valence-electron chi connectivity index (χ1n) is 11.4. The van der Waals surface area contributed by atoms with Crippen molar-refractivity contribution < 1.29 is 4.79 Å². The Balaban J connectivity index is 1.28. The fraction of sp³-hybridized carbons (Fsp3) is 0.739. The van der Waals surface area contributed by atoms with Gasteiger partial charge >= 0.3 is 0 Å². The molecule has 154 valence electrons. The number of nitrogens with zero attached hydrogens (tertiary/aromatic N) is 3. The van der Waals surface area contributed by atoms with Gasteiger partial charge in [0.1, 0.15) is 0 Å². The molecule has 2 heterocycles. The van der Waals surface area contributed by atoms with E-state index in [9.17, 15) is 4.79 Å². The number of amides is 1. The maximum Gasteiger partial charge on any atom is 0.254 e. The second-order valence-corrected chi connectivity index (χ2v) is 9.22. The lowest BCUT2D eigenvalue weighted by Crippen LogP contribution is -2.38. The lowest BCUT2D eigenvalue weighted by atomic mass is 9.89. The van der Waals surface area contributed by atoms with Gasteiger partial charge in [-0.15, -0.1) is 0 Å². The van der Waals surface area contributed by atoms with Crippen LogP contribution in [0.2, 0.25) is 0 Å². The van der Waals surface area contributed by atoms with Crippen LogP contribution in [0, 0.1) is 11.8 Å². The van der Waals surface area contributed by atoms with Crippen molar-refractivity contribution in [3.05, 3.63) is 29.6 Å². The van der Waals surface area contributed by atoms with Gasteiger partial charge in [0.25, 0.3) is 5.91 Å². The van der Waals surface area contributed by atoms with Gasteiger partial charge in [0, 0.05) is 25.8 Å². The lowest BCUT2D eigenvalue weighted by molar-refractivity contribution is 0.0936. The summed E-state index contributed by atoms with van der Waals surface area (Å²) in [6, 6.07) is 0.360. The highest BCUT2D eigenvalue weighted by molar-refractivity contribution is 5.95. The number of aryl methyl sites for hydroxylation is 1. The second kappa shape index (κ2) is 9.25. The number of allylic oxidation sites excluding steroid dienone is 2. The van der Waals surface area contributed by atoms with Crippen molar-refractivity contribution in [1.82, 2.24) is 20.0 Å². The summed E-state index contributed by atoms with van der Waals surface area (Å²) in [5.41, 5.74) is 1.79. The summed E-state index contributed by atoms with van der Waals surface area (Å²) in [5.74, 6) is 1.58. The minimum Gasteiger partial charge on any atom is -0.349 e. The summed E-state index contributed by atoms with van der Waals surface area (Å²) in [6.07, 6.45) is 18.6. The monoisotopic (exact) mass is 384 g/mol. The molecule has 0 bridgehead atoms. The molecule has 1 unspecified atom stereocenters. The third-order valence-corrected chi connectivity index (χ3v) is 6.92. The third-order valence-electron chi connectivity index (χ3n) is 6.92. The van der Waals surface area contributed by atoms with Crippen LogP contribution in [0.3, 0.4) is 0 Å². The van der Waals surface area contributed by atoms with E-state index in [-0.39, 0.29) is 5.91 Å². The lowest BCUT2D eigenvalue weighted by Gasteiger charge is -2.34. The molecule has 28 heavy (non-hydrogen) atoms. The zero-order valence-corrected chi connectivity index (χ0v) is 17.4. The molecule has 2 aliphatic carbocycles. The van der Waals surface area contributed by atoms with Crippen molar-refractivity contribution in [2.24, 2.45) is 18.9 Å². The van der Waals surface area contributed by atoms with Crippen molar-refractivity contribution in [2.45, 2.75) is 70.3 Å². The highest BCUT2D eigenvalue weighted by Crippen LogP contribution is 2.26. The largest absolute Gasteiger partial charge is 0.349 e. The fourth-order valence-electron chi connectivity index (χ4n) is 5.24. The molecule has 1 amide bonds. The summed E-state index contributed by atoms with van der Waals surface area (Å²) in [4.78, 5) is 15.4. The molecule has 5 heteroatoms. The van der Waals surface area contributed by atoms with Crippen LogP contribution in [-0.4, -0.2) is 46.3 Å². The Morgan fingerprint density at radius 3 is 2.61 bits per heavy atom. The molecule has 2 fully saturated rings. The Morgan fingerprint density at radius 1 is 1.11 bits per heavy atom. The van der Waals surface area contributed by atoms with E-state index in [1.54, 1.807) is 0 Å². The quantitative estimate of drug-likeness (QED) is 0.761. The number of rotatable bonds is 6. The highest BCUT2D eigenvalue weighted by atomic mass is 16.1. The summed E-state index contributed by atoms with van der Waals surface area (Å²) in [6.45, 7) is 3.65. The van der Waals surface area contributed by atoms with Crippen LogP contribution in [0.15, 0.2) is 18.3 Å². The molecule has 3 aliphatic rings. The van der Waals surface area contributed by atoms with E-state index in [2.05, 4.69) is 27.5 Å². The predicted octanol–water partition coefficient (Wildman–Crippen LogP) is 3.70. The van der Waals surface area contributed by atoms with Crippen LogP contribution in [0.4, 0.5) is 0 Å². The standard InChI is InChI=1S/C23H36N4O/c1-26-17-21(23(28)24-20-9-5-6-10-20)22(25-26)15-18-11-13-27(14-12-18)16-19-7-3-2-4-8-19/h2-3,17-20H,4-16H2,1H3,(H,24,28). The minimum absolute atomic E-state index is 0.0813. The number of nitrogens with one attached hydrogen (secondary N) is 1. The SMILES string of the molecule is Cn1cc(C(=O)NC2CCCC2)c(CC2CCN(CC3CC=CCC3)CC2)n1. The van der Waals surface area contributed by atoms with E-state index in [1.165, 1.54) is 64.6 Å². The number of aromatic nitrogens is 2. The summed E-state index contributed by atoms with van der Waals surface area (Å²) in [7, 11) is 1.93. The number of hydrogen-bond donors (Lipinski definition) is 1. The molecule has 0 aromatic carbocycles. The van der Waals surface area contributed by atoms with Gasteiger partial charge in [-0.25, -0.2) is 0 Å². The van der Waals surface area contributed by atoms with E-state index < -0.39 is 0 Å². The van der Waals surface area contributed by atoms with E-state index in [0.717, 1.165) is 36.4 Å². The third kappa shape index (κ3) is 5.05. The van der Waals surface area contributed by atoms with E-state index in [1.807, 2.05) is 17.9 Å². The average molecular weight is 385 g/mol. The van der Waals surface area contributed by atoms with Crippen LogP contribution in [-0.2, 0) is 13.5 Å². The normalized spacial score (nSPS) is 24.7. The van der Waals surface area contributed by atoms with Crippen LogP contribution < -0.4 is 5.32 Å². The molecule has 1 saturated carbocycles. The molecule has 1 atom stereocenters. The minimum atomic E-state index is 0.0813. The predicted molar refractivity (Wildman–Crippen MR) is 112 cm³/mol. The van der Waals surface area contributed by atoms with Gasteiger partial charge in [0.2, 0.25) is 0 Å². The highest BCUT2D eigenvalue weighted by Gasteiger charge is 2.26. The van der Waals surface area contributed by atoms with Gasteiger partial charge in [0.15, 0.2) is 0 Å². The van der Waals surface area contributed by atoms with Gasteiger partial charge in [0.05, 0.1) is 11.3 Å².